The molecular weight excluding hydrogens is 204 g/mol. The van der Waals surface area contributed by atoms with Crippen molar-refractivity contribution in [1.29, 1.82) is 0 Å². The summed E-state index contributed by atoms with van der Waals surface area (Å²) in [7, 11) is 0. The minimum atomic E-state index is 0.430. The molecule has 2 aromatic rings. The fourth-order valence-corrected chi connectivity index (χ4v) is 2.74. The van der Waals surface area contributed by atoms with Gasteiger partial charge in [-0.3, -0.25) is 0 Å². The topological polar surface area (TPSA) is 0 Å². The van der Waals surface area contributed by atoms with Crippen molar-refractivity contribution >= 4 is 0 Å². The summed E-state index contributed by atoms with van der Waals surface area (Å²) in [5.41, 5.74) is 7.17. The average molecular weight is 220 g/mol. The summed E-state index contributed by atoms with van der Waals surface area (Å²) in [6.45, 7) is 6.13. The third-order valence-electron chi connectivity index (χ3n) is 3.73. The van der Waals surface area contributed by atoms with E-state index in [2.05, 4.69) is 56.0 Å². The lowest BCUT2D eigenvalue weighted by Crippen LogP contribution is -1.95. The molecule has 17 heavy (non-hydrogen) atoms. The van der Waals surface area contributed by atoms with Crippen LogP contribution in [0.2, 0.25) is 0 Å². The second kappa shape index (κ2) is 3.89. The minimum Gasteiger partial charge on any atom is -0.102 e. The molecule has 0 spiro atoms. The van der Waals surface area contributed by atoms with Gasteiger partial charge in [-0.1, -0.05) is 55.5 Å². The zero-order valence-corrected chi connectivity index (χ0v) is 10.1. The molecule has 1 aliphatic carbocycles. The van der Waals surface area contributed by atoms with Crippen LogP contribution in [-0.4, -0.2) is 0 Å². The summed E-state index contributed by atoms with van der Waals surface area (Å²) in [6, 6.07) is 15.3. The van der Waals surface area contributed by atoms with Gasteiger partial charge in [-0.2, -0.15) is 0 Å². The van der Waals surface area contributed by atoms with Crippen LogP contribution < -0.4 is 0 Å². The molecule has 0 nitrogen and oxygen atoms in total. The van der Waals surface area contributed by atoms with Gasteiger partial charge in [0.25, 0.3) is 0 Å². The van der Waals surface area contributed by atoms with Crippen molar-refractivity contribution in [1.82, 2.24) is 0 Å². The maximum atomic E-state index is 3.91. The summed E-state index contributed by atoms with van der Waals surface area (Å²) in [6.07, 6.45) is 3.10. The SMILES string of the molecule is C=CC(C)c1cccc2c1Cc1ccccc1-2. The highest BCUT2D eigenvalue weighted by Crippen LogP contribution is 2.40. The highest BCUT2D eigenvalue weighted by Gasteiger charge is 2.21. The first-order chi connectivity index (χ1) is 8.31. The lowest BCUT2D eigenvalue weighted by molar-refractivity contribution is 0.948. The van der Waals surface area contributed by atoms with Crippen LogP contribution in [-0.2, 0) is 6.42 Å². The molecule has 3 rings (SSSR count). The molecule has 84 valence electrons. The molecule has 0 fully saturated rings. The van der Waals surface area contributed by atoms with Crippen LogP contribution in [0.25, 0.3) is 11.1 Å². The Morgan fingerprint density at radius 3 is 2.65 bits per heavy atom. The Morgan fingerprint density at radius 2 is 1.82 bits per heavy atom. The molecule has 0 saturated carbocycles. The third-order valence-corrected chi connectivity index (χ3v) is 3.73. The summed E-state index contributed by atoms with van der Waals surface area (Å²) < 4.78 is 0. The maximum absolute atomic E-state index is 3.91. The largest absolute Gasteiger partial charge is 0.102 e. The van der Waals surface area contributed by atoms with Crippen molar-refractivity contribution < 1.29 is 0 Å². The summed E-state index contributed by atoms with van der Waals surface area (Å²) in [5, 5.41) is 0. The first kappa shape index (κ1) is 10.3. The van der Waals surface area contributed by atoms with Crippen LogP contribution in [0.5, 0.6) is 0 Å². The Bertz CT molecular complexity index is 578. The second-order valence-electron chi connectivity index (χ2n) is 4.73. The number of hydrogen-bond acceptors (Lipinski definition) is 0. The molecule has 0 radical (unpaired) electrons. The van der Waals surface area contributed by atoms with E-state index < -0.39 is 0 Å². The predicted octanol–water partition coefficient (Wildman–Crippen LogP) is 4.55. The molecule has 2 aromatic carbocycles. The van der Waals surface area contributed by atoms with Crippen molar-refractivity contribution in [3.63, 3.8) is 0 Å². The van der Waals surface area contributed by atoms with Gasteiger partial charge in [0.1, 0.15) is 0 Å². The highest BCUT2D eigenvalue weighted by molar-refractivity contribution is 5.78. The molecule has 0 aromatic heterocycles. The Balaban J connectivity index is 2.20. The van der Waals surface area contributed by atoms with Gasteiger partial charge < -0.3 is 0 Å². The van der Waals surface area contributed by atoms with Gasteiger partial charge in [0.15, 0.2) is 0 Å². The van der Waals surface area contributed by atoms with Gasteiger partial charge in [-0.15, -0.1) is 6.58 Å². The molecule has 0 heterocycles. The van der Waals surface area contributed by atoms with Gasteiger partial charge in [0, 0.05) is 0 Å². The quantitative estimate of drug-likeness (QED) is 0.556. The van der Waals surface area contributed by atoms with E-state index in [-0.39, 0.29) is 0 Å². The van der Waals surface area contributed by atoms with E-state index in [4.69, 9.17) is 0 Å². The van der Waals surface area contributed by atoms with Crippen LogP contribution in [0, 0.1) is 0 Å². The Morgan fingerprint density at radius 1 is 1.06 bits per heavy atom. The number of allylic oxidation sites excluding steroid dienone is 1. The Labute approximate surface area is 103 Å². The average Bonchev–Trinajstić information content (AvgIpc) is 2.76. The minimum absolute atomic E-state index is 0.430. The highest BCUT2D eigenvalue weighted by atomic mass is 14.2. The second-order valence-corrected chi connectivity index (χ2v) is 4.73. The van der Waals surface area contributed by atoms with Gasteiger partial charge in [-0.05, 0) is 40.2 Å². The van der Waals surface area contributed by atoms with E-state index in [1.165, 1.54) is 27.8 Å². The molecule has 0 heteroatoms. The molecule has 1 atom stereocenters. The zero-order chi connectivity index (χ0) is 11.8. The van der Waals surface area contributed by atoms with Crippen LogP contribution >= 0.6 is 0 Å². The monoisotopic (exact) mass is 220 g/mol. The first-order valence-electron chi connectivity index (χ1n) is 6.14. The standard InChI is InChI=1S/C17H16/c1-3-12(2)14-9-6-10-16-15-8-5-4-7-13(15)11-17(14)16/h3-10,12H,1,11H2,2H3. The van der Waals surface area contributed by atoms with E-state index in [1.807, 2.05) is 6.08 Å². The number of rotatable bonds is 2. The van der Waals surface area contributed by atoms with E-state index in [0.717, 1.165) is 6.42 Å². The summed E-state index contributed by atoms with van der Waals surface area (Å²) in [5.74, 6) is 0.430. The van der Waals surface area contributed by atoms with Crippen molar-refractivity contribution in [2.75, 3.05) is 0 Å². The Kier molecular flexibility index (Phi) is 2.36. The van der Waals surface area contributed by atoms with Crippen LogP contribution in [0.1, 0.15) is 29.5 Å². The normalized spacial score (nSPS) is 13.9. The van der Waals surface area contributed by atoms with Crippen molar-refractivity contribution in [3.05, 3.63) is 71.8 Å². The predicted molar refractivity (Wildman–Crippen MR) is 73.3 cm³/mol. The maximum Gasteiger partial charge on any atom is -0.00100 e. The summed E-state index contributed by atoms with van der Waals surface area (Å²) in [4.78, 5) is 0. The molecule has 0 saturated heterocycles. The fraction of sp³-hybridized carbons (Fsp3) is 0.176. The van der Waals surface area contributed by atoms with Crippen LogP contribution in [0.15, 0.2) is 55.1 Å². The molecule has 0 aliphatic heterocycles. The van der Waals surface area contributed by atoms with Gasteiger partial charge in [-0.25, -0.2) is 0 Å². The lowest BCUT2D eigenvalue weighted by Gasteiger charge is -2.12. The van der Waals surface area contributed by atoms with Gasteiger partial charge >= 0.3 is 0 Å². The first-order valence-corrected chi connectivity index (χ1v) is 6.14. The molecular formula is C17H16. The van der Waals surface area contributed by atoms with Crippen LogP contribution in [0.3, 0.4) is 0 Å². The molecule has 0 bridgehead atoms. The van der Waals surface area contributed by atoms with E-state index >= 15 is 0 Å². The lowest BCUT2D eigenvalue weighted by atomic mass is 9.92. The van der Waals surface area contributed by atoms with Crippen molar-refractivity contribution in [3.8, 4) is 11.1 Å². The zero-order valence-electron chi connectivity index (χ0n) is 10.1. The molecule has 0 N–H and O–H groups in total. The molecule has 1 aliphatic rings. The third kappa shape index (κ3) is 1.52. The van der Waals surface area contributed by atoms with E-state index in [1.54, 1.807) is 0 Å². The fourth-order valence-electron chi connectivity index (χ4n) is 2.74. The Hall–Kier alpha value is -1.82. The van der Waals surface area contributed by atoms with Crippen molar-refractivity contribution in [2.24, 2.45) is 0 Å². The van der Waals surface area contributed by atoms with E-state index in [9.17, 15) is 0 Å². The summed E-state index contributed by atoms with van der Waals surface area (Å²) >= 11 is 0. The van der Waals surface area contributed by atoms with Gasteiger partial charge in [0.2, 0.25) is 0 Å². The van der Waals surface area contributed by atoms with Crippen molar-refractivity contribution in [2.45, 2.75) is 19.3 Å². The number of fused-ring (bicyclic) bond motifs is 3. The molecule has 0 amide bonds. The number of benzene rings is 2. The van der Waals surface area contributed by atoms with E-state index in [0.29, 0.717) is 5.92 Å². The van der Waals surface area contributed by atoms with Gasteiger partial charge in [0.05, 0.1) is 0 Å². The number of hydrogen-bond donors (Lipinski definition) is 0. The van der Waals surface area contributed by atoms with Crippen LogP contribution in [0.4, 0.5) is 0 Å². The molecule has 1 unspecified atom stereocenters. The smallest absolute Gasteiger partial charge is 0.00100 e.